The van der Waals surface area contributed by atoms with Crippen molar-refractivity contribution in [3.05, 3.63) is 23.8 Å². The molecule has 0 atom stereocenters. The van der Waals surface area contributed by atoms with Crippen LogP contribution in [0.5, 0.6) is 11.5 Å². The summed E-state index contributed by atoms with van der Waals surface area (Å²) in [6, 6.07) is 6.57. The molecule has 0 saturated heterocycles. The molecule has 1 aromatic carbocycles. The molecule has 3 N–H and O–H groups in total. The van der Waals surface area contributed by atoms with Gasteiger partial charge in [-0.1, -0.05) is 6.07 Å². The number of benzene rings is 1. The Hall–Kier alpha value is -1.91. The number of hydrogen-bond acceptors (Lipinski definition) is 3. The highest BCUT2D eigenvalue weighted by atomic mass is 16.5. The molecule has 21 heavy (non-hydrogen) atoms. The molecule has 0 spiro atoms. The summed E-state index contributed by atoms with van der Waals surface area (Å²) in [5.41, 5.74) is 6.99. The number of ether oxygens (including phenoxy) is 2. The number of nitrogens with one attached hydrogen (secondary N) is 1. The normalized spacial score (nSPS) is 14.9. The minimum Gasteiger partial charge on any atom is -0.490 e. The van der Waals surface area contributed by atoms with E-state index < -0.39 is 0 Å². The highest BCUT2D eigenvalue weighted by Gasteiger charge is 2.21. The Morgan fingerprint density at radius 3 is 2.62 bits per heavy atom. The zero-order chi connectivity index (χ0) is 15.1. The summed E-state index contributed by atoms with van der Waals surface area (Å²) in [4.78, 5) is 4.35. The van der Waals surface area contributed by atoms with Gasteiger partial charge in [0.15, 0.2) is 17.5 Å². The first-order valence-electron chi connectivity index (χ1n) is 7.68. The third-order valence-corrected chi connectivity index (χ3v) is 3.22. The average Bonchev–Trinajstić information content (AvgIpc) is 3.26. The summed E-state index contributed by atoms with van der Waals surface area (Å²) in [6.07, 6.45) is 3.24. The smallest absolute Gasteiger partial charge is 0.188 e. The predicted octanol–water partition coefficient (Wildman–Crippen LogP) is 2.09. The summed E-state index contributed by atoms with van der Waals surface area (Å²) in [5, 5.41) is 3.18. The molecule has 1 fully saturated rings. The van der Waals surface area contributed by atoms with Crippen LogP contribution < -0.4 is 20.5 Å². The maximum absolute atomic E-state index is 5.81. The molecule has 0 amide bonds. The van der Waals surface area contributed by atoms with E-state index in [1.54, 1.807) is 0 Å². The molecule has 5 nitrogen and oxygen atoms in total. The van der Waals surface area contributed by atoms with Crippen LogP contribution >= 0.6 is 0 Å². The standard InChI is InChI=1S/C16H25N3O2/c1-3-20-14-8-5-12(11-15(14)21-4-2)9-10-18-16(17)19-13-6-7-13/h5,8,11,13H,3-4,6-7,9-10H2,1-2H3,(H3,17,18,19). The number of rotatable bonds is 8. The van der Waals surface area contributed by atoms with E-state index in [4.69, 9.17) is 15.2 Å². The van der Waals surface area contributed by atoms with E-state index in [1.807, 2.05) is 32.0 Å². The van der Waals surface area contributed by atoms with Crippen molar-refractivity contribution in [3.63, 3.8) is 0 Å². The van der Waals surface area contributed by atoms with Gasteiger partial charge in [-0.25, -0.2) is 0 Å². The molecule has 5 heteroatoms. The van der Waals surface area contributed by atoms with Gasteiger partial charge < -0.3 is 20.5 Å². The first kappa shape index (κ1) is 15.5. The molecule has 0 aromatic heterocycles. The van der Waals surface area contributed by atoms with Crippen molar-refractivity contribution in [1.82, 2.24) is 5.32 Å². The van der Waals surface area contributed by atoms with Crippen molar-refractivity contribution in [2.45, 2.75) is 39.2 Å². The minimum absolute atomic E-state index is 0.545. The van der Waals surface area contributed by atoms with Gasteiger partial charge in [-0.15, -0.1) is 0 Å². The Bertz CT molecular complexity index is 484. The second-order valence-electron chi connectivity index (χ2n) is 5.08. The number of aliphatic imine (C=N–C) groups is 1. The van der Waals surface area contributed by atoms with E-state index in [1.165, 1.54) is 18.4 Å². The lowest BCUT2D eigenvalue weighted by molar-refractivity contribution is 0.287. The molecule has 0 unspecified atom stereocenters. The van der Waals surface area contributed by atoms with E-state index in [2.05, 4.69) is 10.3 Å². The molecule has 2 rings (SSSR count). The highest BCUT2D eigenvalue weighted by molar-refractivity contribution is 5.78. The lowest BCUT2D eigenvalue weighted by Crippen LogP contribution is -2.33. The molecule has 116 valence electrons. The molecular weight excluding hydrogens is 266 g/mol. The number of hydrogen-bond donors (Lipinski definition) is 2. The van der Waals surface area contributed by atoms with Gasteiger partial charge in [-0.2, -0.15) is 0 Å². The highest BCUT2D eigenvalue weighted by Crippen LogP contribution is 2.28. The Balaban J connectivity index is 1.91. The zero-order valence-electron chi connectivity index (χ0n) is 12.9. The second-order valence-corrected chi connectivity index (χ2v) is 5.08. The van der Waals surface area contributed by atoms with Crippen molar-refractivity contribution in [2.75, 3.05) is 19.8 Å². The van der Waals surface area contributed by atoms with Crippen LogP contribution in [0.1, 0.15) is 32.3 Å². The van der Waals surface area contributed by atoms with Crippen LogP contribution in [0.25, 0.3) is 0 Å². The molecule has 0 aliphatic heterocycles. The summed E-state index contributed by atoms with van der Waals surface area (Å²) in [5.74, 6) is 2.14. The van der Waals surface area contributed by atoms with Crippen molar-refractivity contribution in [3.8, 4) is 11.5 Å². The van der Waals surface area contributed by atoms with Crippen LogP contribution in [0.3, 0.4) is 0 Å². The van der Waals surface area contributed by atoms with Gasteiger partial charge in [-0.3, -0.25) is 4.99 Å². The van der Waals surface area contributed by atoms with Crippen LogP contribution in [0.15, 0.2) is 23.2 Å². The Morgan fingerprint density at radius 1 is 1.24 bits per heavy atom. The Morgan fingerprint density at radius 2 is 1.95 bits per heavy atom. The Kier molecular flexibility index (Phi) is 5.72. The van der Waals surface area contributed by atoms with Gasteiger partial charge in [0.05, 0.1) is 13.2 Å². The van der Waals surface area contributed by atoms with Crippen LogP contribution in [0.2, 0.25) is 0 Å². The van der Waals surface area contributed by atoms with Crippen LogP contribution in [-0.4, -0.2) is 31.8 Å². The van der Waals surface area contributed by atoms with Crippen LogP contribution in [-0.2, 0) is 6.42 Å². The van der Waals surface area contributed by atoms with Gasteiger partial charge in [0, 0.05) is 12.6 Å². The van der Waals surface area contributed by atoms with E-state index in [0.717, 1.165) is 17.9 Å². The third-order valence-electron chi connectivity index (χ3n) is 3.22. The van der Waals surface area contributed by atoms with Crippen LogP contribution in [0.4, 0.5) is 0 Å². The number of nitrogens with zero attached hydrogens (tertiary/aromatic N) is 1. The SMILES string of the molecule is CCOc1ccc(CCN=C(N)NC2CC2)cc1OCC. The summed E-state index contributed by atoms with van der Waals surface area (Å²) in [6.45, 7) is 5.86. The fourth-order valence-electron chi connectivity index (χ4n) is 2.04. The maximum atomic E-state index is 5.81. The molecule has 0 bridgehead atoms. The maximum Gasteiger partial charge on any atom is 0.188 e. The van der Waals surface area contributed by atoms with Gasteiger partial charge in [0.1, 0.15) is 0 Å². The van der Waals surface area contributed by atoms with E-state index in [-0.39, 0.29) is 0 Å². The lowest BCUT2D eigenvalue weighted by Gasteiger charge is -2.12. The summed E-state index contributed by atoms with van der Waals surface area (Å²) < 4.78 is 11.2. The van der Waals surface area contributed by atoms with E-state index in [0.29, 0.717) is 31.8 Å². The first-order valence-corrected chi connectivity index (χ1v) is 7.68. The number of nitrogens with two attached hydrogens (primary N) is 1. The molecule has 1 aliphatic carbocycles. The lowest BCUT2D eigenvalue weighted by atomic mass is 10.1. The molecule has 1 aromatic rings. The van der Waals surface area contributed by atoms with Gasteiger partial charge in [0.2, 0.25) is 0 Å². The summed E-state index contributed by atoms with van der Waals surface area (Å²) >= 11 is 0. The number of guanidine groups is 1. The fourth-order valence-corrected chi connectivity index (χ4v) is 2.04. The Labute approximate surface area is 126 Å². The molecular formula is C16H25N3O2. The van der Waals surface area contributed by atoms with E-state index >= 15 is 0 Å². The molecule has 1 saturated carbocycles. The van der Waals surface area contributed by atoms with Crippen molar-refractivity contribution in [1.29, 1.82) is 0 Å². The van der Waals surface area contributed by atoms with E-state index in [9.17, 15) is 0 Å². The average molecular weight is 291 g/mol. The first-order chi connectivity index (χ1) is 10.2. The van der Waals surface area contributed by atoms with Gasteiger partial charge >= 0.3 is 0 Å². The molecule has 1 aliphatic rings. The monoisotopic (exact) mass is 291 g/mol. The van der Waals surface area contributed by atoms with Crippen molar-refractivity contribution in [2.24, 2.45) is 10.7 Å². The topological polar surface area (TPSA) is 68.9 Å². The van der Waals surface area contributed by atoms with Gasteiger partial charge in [-0.05, 0) is 50.8 Å². The zero-order valence-corrected chi connectivity index (χ0v) is 12.9. The largest absolute Gasteiger partial charge is 0.490 e. The third kappa shape index (κ3) is 5.17. The van der Waals surface area contributed by atoms with Gasteiger partial charge in [0.25, 0.3) is 0 Å². The predicted molar refractivity (Wildman–Crippen MR) is 85.1 cm³/mol. The minimum atomic E-state index is 0.545. The van der Waals surface area contributed by atoms with Crippen LogP contribution in [0, 0.1) is 0 Å². The quantitative estimate of drug-likeness (QED) is 0.568. The molecule has 0 radical (unpaired) electrons. The summed E-state index contributed by atoms with van der Waals surface area (Å²) in [7, 11) is 0. The van der Waals surface area contributed by atoms with Crippen molar-refractivity contribution < 1.29 is 9.47 Å². The van der Waals surface area contributed by atoms with Crippen molar-refractivity contribution >= 4 is 5.96 Å². The molecule has 0 heterocycles. The second kappa shape index (κ2) is 7.76. The fraction of sp³-hybridized carbons (Fsp3) is 0.562.